The molecule has 0 aliphatic carbocycles. The average molecular weight is 294 g/mol. The second kappa shape index (κ2) is 6.54. The van der Waals surface area contributed by atoms with Crippen LogP contribution >= 0.6 is 0 Å². The molecule has 0 saturated carbocycles. The molecule has 0 unspecified atom stereocenters. The van der Waals surface area contributed by atoms with Gasteiger partial charge in [0.1, 0.15) is 5.82 Å². The summed E-state index contributed by atoms with van der Waals surface area (Å²) in [6, 6.07) is 5.98. The zero-order chi connectivity index (χ0) is 15.5. The van der Waals surface area contributed by atoms with Crippen LogP contribution in [0.25, 0.3) is 0 Å². The van der Waals surface area contributed by atoms with Gasteiger partial charge in [-0.2, -0.15) is 0 Å². The van der Waals surface area contributed by atoms with E-state index in [2.05, 4.69) is 10.6 Å². The molecule has 1 aliphatic rings. The van der Waals surface area contributed by atoms with Crippen molar-refractivity contribution in [2.24, 2.45) is 5.92 Å². The maximum atomic E-state index is 13.1. The standard InChI is InChI=1S/C16H23FN2O2/c1-16(2,9-12-6-7-18-15(12)21)19-10-14(20)11-4-3-5-13(17)8-11/h3-5,8,12,14,19-20H,6-7,9-10H2,1-2H3,(H,18,21)/t12-,14-/m0/s1. The highest BCUT2D eigenvalue weighted by Gasteiger charge is 2.31. The number of β-amino-alcohol motifs (C(OH)–C–C–N with tert-alkyl or cyclic N) is 1. The van der Waals surface area contributed by atoms with Gasteiger partial charge >= 0.3 is 0 Å². The lowest BCUT2D eigenvalue weighted by Gasteiger charge is -2.29. The van der Waals surface area contributed by atoms with Crippen LogP contribution in [0.4, 0.5) is 4.39 Å². The molecule has 0 spiro atoms. The van der Waals surface area contributed by atoms with Crippen molar-refractivity contribution in [3.8, 4) is 0 Å². The van der Waals surface area contributed by atoms with Crippen molar-refractivity contribution in [3.63, 3.8) is 0 Å². The van der Waals surface area contributed by atoms with Crippen LogP contribution in [-0.4, -0.2) is 29.6 Å². The summed E-state index contributed by atoms with van der Waals surface area (Å²) in [5.41, 5.74) is 0.289. The van der Waals surface area contributed by atoms with E-state index in [1.165, 1.54) is 12.1 Å². The van der Waals surface area contributed by atoms with Crippen molar-refractivity contribution in [1.82, 2.24) is 10.6 Å². The average Bonchev–Trinajstić information content (AvgIpc) is 2.81. The van der Waals surface area contributed by atoms with Crippen molar-refractivity contribution in [2.75, 3.05) is 13.1 Å². The summed E-state index contributed by atoms with van der Waals surface area (Å²) >= 11 is 0. The minimum atomic E-state index is -0.766. The fourth-order valence-electron chi connectivity index (χ4n) is 2.73. The lowest BCUT2D eigenvalue weighted by Crippen LogP contribution is -2.44. The first-order chi connectivity index (χ1) is 9.87. The van der Waals surface area contributed by atoms with Gasteiger partial charge in [-0.25, -0.2) is 4.39 Å². The monoisotopic (exact) mass is 294 g/mol. The molecule has 2 atom stereocenters. The van der Waals surface area contributed by atoms with Crippen LogP contribution in [0, 0.1) is 11.7 Å². The Morgan fingerprint density at radius 3 is 2.90 bits per heavy atom. The van der Waals surface area contributed by atoms with Gasteiger partial charge in [0, 0.05) is 24.5 Å². The first-order valence-electron chi connectivity index (χ1n) is 7.34. The van der Waals surface area contributed by atoms with Crippen LogP contribution in [0.1, 0.15) is 38.4 Å². The normalized spacial score (nSPS) is 20.4. The number of aliphatic hydroxyl groups is 1. The van der Waals surface area contributed by atoms with Crippen LogP contribution in [0.15, 0.2) is 24.3 Å². The van der Waals surface area contributed by atoms with Crippen LogP contribution in [-0.2, 0) is 4.79 Å². The molecule has 2 rings (SSSR count). The second-order valence-electron chi connectivity index (χ2n) is 6.32. The van der Waals surface area contributed by atoms with Crippen molar-refractivity contribution >= 4 is 5.91 Å². The summed E-state index contributed by atoms with van der Waals surface area (Å²) in [6.07, 6.45) is 0.808. The molecule has 3 N–H and O–H groups in total. The molecule has 0 bridgehead atoms. The van der Waals surface area contributed by atoms with E-state index >= 15 is 0 Å². The lowest BCUT2D eigenvalue weighted by atomic mass is 9.89. The number of amides is 1. The number of hydrogen-bond acceptors (Lipinski definition) is 3. The summed E-state index contributed by atoms with van der Waals surface area (Å²) in [5, 5.41) is 16.2. The zero-order valence-corrected chi connectivity index (χ0v) is 12.5. The van der Waals surface area contributed by atoms with Crippen LogP contribution in [0.2, 0.25) is 0 Å². The van der Waals surface area contributed by atoms with Gasteiger partial charge in [0.2, 0.25) is 5.91 Å². The molecule has 1 amide bonds. The predicted molar refractivity (Wildman–Crippen MR) is 79.2 cm³/mol. The molecule has 4 nitrogen and oxygen atoms in total. The number of carbonyl (C=O) groups excluding carboxylic acids is 1. The molecule has 1 aromatic rings. The van der Waals surface area contributed by atoms with E-state index < -0.39 is 6.10 Å². The highest BCUT2D eigenvalue weighted by Crippen LogP contribution is 2.23. The summed E-state index contributed by atoms with van der Waals surface area (Å²) in [7, 11) is 0. The van der Waals surface area contributed by atoms with Crippen LogP contribution in [0.5, 0.6) is 0 Å². The number of benzene rings is 1. The molecular weight excluding hydrogens is 271 g/mol. The van der Waals surface area contributed by atoms with E-state index in [1.54, 1.807) is 12.1 Å². The fraction of sp³-hybridized carbons (Fsp3) is 0.562. The molecule has 1 aromatic carbocycles. The van der Waals surface area contributed by atoms with Gasteiger partial charge in [0.15, 0.2) is 0 Å². The Labute approximate surface area is 124 Å². The first-order valence-corrected chi connectivity index (χ1v) is 7.34. The molecule has 1 saturated heterocycles. The highest BCUT2D eigenvalue weighted by atomic mass is 19.1. The number of aliphatic hydroxyl groups excluding tert-OH is 1. The van der Waals surface area contributed by atoms with E-state index in [4.69, 9.17) is 0 Å². The Morgan fingerprint density at radius 2 is 2.29 bits per heavy atom. The summed E-state index contributed by atoms with van der Waals surface area (Å²) < 4.78 is 13.1. The molecule has 0 aromatic heterocycles. The molecular formula is C16H23FN2O2. The summed E-state index contributed by atoms with van der Waals surface area (Å²) in [5.74, 6) is -0.220. The van der Waals surface area contributed by atoms with E-state index in [0.717, 1.165) is 13.0 Å². The van der Waals surface area contributed by atoms with Crippen molar-refractivity contribution in [3.05, 3.63) is 35.6 Å². The van der Waals surface area contributed by atoms with Crippen molar-refractivity contribution in [1.29, 1.82) is 0 Å². The molecule has 1 fully saturated rings. The maximum Gasteiger partial charge on any atom is 0.223 e. The first kappa shape index (κ1) is 15.9. The van der Waals surface area contributed by atoms with Gasteiger partial charge in [0.05, 0.1) is 6.10 Å². The maximum absolute atomic E-state index is 13.1. The van der Waals surface area contributed by atoms with E-state index in [0.29, 0.717) is 18.5 Å². The van der Waals surface area contributed by atoms with Gasteiger partial charge in [-0.15, -0.1) is 0 Å². The third-order valence-corrected chi connectivity index (χ3v) is 3.93. The number of carbonyl (C=O) groups is 1. The second-order valence-corrected chi connectivity index (χ2v) is 6.32. The van der Waals surface area contributed by atoms with Crippen LogP contribution < -0.4 is 10.6 Å². The molecule has 0 radical (unpaired) electrons. The minimum Gasteiger partial charge on any atom is -0.387 e. The van der Waals surface area contributed by atoms with Gasteiger partial charge in [-0.3, -0.25) is 4.79 Å². The van der Waals surface area contributed by atoms with Crippen LogP contribution in [0.3, 0.4) is 0 Å². The number of halogens is 1. The van der Waals surface area contributed by atoms with Gasteiger partial charge < -0.3 is 15.7 Å². The van der Waals surface area contributed by atoms with Gasteiger partial charge in [0.25, 0.3) is 0 Å². The van der Waals surface area contributed by atoms with Gasteiger partial charge in [-0.1, -0.05) is 12.1 Å². The molecule has 5 heteroatoms. The Hall–Kier alpha value is -1.46. The smallest absolute Gasteiger partial charge is 0.223 e. The number of rotatable bonds is 6. The topological polar surface area (TPSA) is 61.4 Å². The minimum absolute atomic E-state index is 0.0267. The largest absolute Gasteiger partial charge is 0.387 e. The quantitative estimate of drug-likeness (QED) is 0.749. The summed E-state index contributed by atoms with van der Waals surface area (Å²) in [6.45, 7) is 5.09. The molecule has 1 aliphatic heterocycles. The SMILES string of the molecule is CC(C)(C[C@@H]1CCNC1=O)NC[C@H](O)c1cccc(F)c1. The lowest BCUT2D eigenvalue weighted by molar-refractivity contribution is -0.123. The Bertz CT molecular complexity index is 505. The van der Waals surface area contributed by atoms with Crippen molar-refractivity contribution < 1.29 is 14.3 Å². The third kappa shape index (κ3) is 4.51. The van der Waals surface area contributed by atoms with Crippen molar-refractivity contribution in [2.45, 2.75) is 38.3 Å². The summed E-state index contributed by atoms with van der Waals surface area (Å²) in [4.78, 5) is 11.6. The van der Waals surface area contributed by atoms with E-state index in [-0.39, 0.29) is 23.2 Å². The highest BCUT2D eigenvalue weighted by molar-refractivity contribution is 5.80. The molecule has 21 heavy (non-hydrogen) atoms. The fourth-order valence-corrected chi connectivity index (χ4v) is 2.73. The number of hydrogen-bond donors (Lipinski definition) is 3. The Balaban J connectivity index is 1.87. The Morgan fingerprint density at radius 1 is 1.52 bits per heavy atom. The van der Waals surface area contributed by atoms with E-state index in [9.17, 15) is 14.3 Å². The molecule has 116 valence electrons. The number of nitrogens with one attached hydrogen (secondary N) is 2. The van der Waals surface area contributed by atoms with E-state index in [1.807, 2.05) is 13.8 Å². The molecule has 1 heterocycles. The third-order valence-electron chi connectivity index (χ3n) is 3.93. The van der Waals surface area contributed by atoms with Gasteiger partial charge in [-0.05, 0) is 44.4 Å². The zero-order valence-electron chi connectivity index (χ0n) is 12.5. The Kier molecular flexibility index (Phi) is 4.96. The predicted octanol–water partition coefficient (Wildman–Crippen LogP) is 1.75.